The molecule has 1 aromatic heterocycles. The summed E-state index contributed by atoms with van der Waals surface area (Å²) in [6.45, 7) is 1.70. The maximum Gasteiger partial charge on any atom is 0.249 e. The van der Waals surface area contributed by atoms with Gasteiger partial charge in [0.25, 0.3) is 0 Å². The monoisotopic (exact) mass is 230 g/mol. The Morgan fingerprint density at radius 3 is 2.67 bits per heavy atom. The Labute approximate surface area is 91.5 Å². The summed E-state index contributed by atoms with van der Waals surface area (Å²) in [5.41, 5.74) is 5.78. The molecule has 1 heterocycles. The Balaban J connectivity index is 2.96. The van der Waals surface area contributed by atoms with Crippen molar-refractivity contribution in [3.8, 4) is 0 Å². The van der Waals surface area contributed by atoms with Gasteiger partial charge in [0.2, 0.25) is 5.91 Å². The Kier molecular flexibility index (Phi) is 3.62. The van der Waals surface area contributed by atoms with Crippen LogP contribution in [-0.4, -0.2) is 27.2 Å². The first-order valence-electron chi connectivity index (χ1n) is 4.21. The van der Waals surface area contributed by atoms with E-state index >= 15 is 0 Å². The molecule has 5 nitrogen and oxygen atoms in total. The lowest BCUT2D eigenvalue weighted by molar-refractivity contribution is -0.131. The second kappa shape index (κ2) is 4.57. The lowest BCUT2D eigenvalue weighted by atomic mass is 10.0. The molecule has 0 aromatic carbocycles. The topological polar surface area (TPSA) is 96.4 Å². The van der Waals surface area contributed by atoms with Gasteiger partial charge in [0.1, 0.15) is 11.3 Å². The number of nitrogens with zero attached hydrogens (tertiary/aromatic N) is 1. The predicted octanol–water partition coefficient (Wildman–Crippen LogP) is -0.0770. The highest BCUT2D eigenvalue weighted by Gasteiger charge is 2.23. The number of carbonyl (C=O) groups is 1. The average molecular weight is 231 g/mol. The van der Waals surface area contributed by atoms with Crippen molar-refractivity contribution in [2.24, 2.45) is 5.73 Å². The number of nitrogens with two attached hydrogens (primary N) is 1. The van der Waals surface area contributed by atoms with Gasteiger partial charge in [-0.05, 0) is 18.6 Å². The minimum absolute atomic E-state index is 0.295. The molecule has 15 heavy (non-hydrogen) atoms. The van der Waals surface area contributed by atoms with Crippen molar-refractivity contribution in [3.05, 3.63) is 28.5 Å². The highest BCUT2D eigenvalue weighted by atomic mass is 35.5. The molecule has 0 radical (unpaired) electrons. The highest BCUT2D eigenvalue weighted by molar-refractivity contribution is 6.30. The van der Waals surface area contributed by atoms with Crippen LogP contribution in [0, 0.1) is 6.92 Å². The number of aliphatic hydroxyl groups excluding tert-OH is 2. The molecule has 1 aromatic rings. The van der Waals surface area contributed by atoms with Gasteiger partial charge < -0.3 is 15.9 Å². The molecule has 82 valence electrons. The van der Waals surface area contributed by atoms with Gasteiger partial charge in [-0.3, -0.25) is 4.79 Å². The molecule has 0 fully saturated rings. The SMILES string of the molecule is Cc1cc(C(O)C(O)C(N)=O)cnc1Cl. The summed E-state index contributed by atoms with van der Waals surface area (Å²) in [5.74, 6) is -0.991. The van der Waals surface area contributed by atoms with Gasteiger partial charge in [0, 0.05) is 11.8 Å². The van der Waals surface area contributed by atoms with E-state index in [1.807, 2.05) is 0 Å². The molecular weight excluding hydrogens is 220 g/mol. The van der Waals surface area contributed by atoms with Crippen molar-refractivity contribution >= 4 is 17.5 Å². The Bertz CT molecular complexity index is 384. The summed E-state index contributed by atoms with van der Waals surface area (Å²) in [6, 6.07) is 1.53. The zero-order valence-electron chi connectivity index (χ0n) is 8.01. The van der Waals surface area contributed by atoms with E-state index in [1.165, 1.54) is 12.3 Å². The quantitative estimate of drug-likeness (QED) is 0.633. The maximum absolute atomic E-state index is 10.6. The fourth-order valence-corrected chi connectivity index (χ4v) is 1.18. The van der Waals surface area contributed by atoms with Gasteiger partial charge in [-0.15, -0.1) is 0 Å². The Morgan fingerprint density at radius 2 is 2.20 bits per heavy atom. The van der Waals surface area contributed by atoms with Crippen LogP contribution in [0.4, 0.5) is 0 Å². The molecule has 0 spiro atoms. The minimum atomic E-state index is -1.65. The number of rotatable bonds is 3. The van der Waals surface area contributed by atoms with Crippen LogP contribution >= 0.6 is 11.6 Å². The van der Waals surface area contributed by atoms with Gasteiger partial charge in [0.15, 0.2) is 6.10 Å². The second-order valence-corrected chi connectivity index (χ2v) is 3.53. The molecule has 0 aliphatic heterocycles. The van der Waals surface area contributed by atoms with E-state index in [2.05, 4.69) is 4.98 Å². The molecule has 1 rings (SSSR count). The third kappa shape index (κ3) is 2.65. The minimum Gasteiger partial charge on any atom is -0.385 e. The second-order valence-electron chi connectivity index (χ2n) is 3.17. The summed E-state index contributed by atoms with van der Waals surface area (Å²) in [6.07, 6.45) is -1.75. The molecular formula is C9H11ClN2O3. The van der Waals surface area contributed by atoms with Crippen LogP contribution < -0.4 is 5.73 Å². The number of carbonyl (C=O) groups excluding carboxylic acids is 1. The van der Waals surface area contributed by atoms with Gasteiger partial charge in [-0.1, -0.05) is 11.6 Å². The molecule has 0 aliphatic rings. The Morgan fingerprint density at radius 1 is 1.60 bits per heavy atom. The van der Waals surface area contributed by atoms with E-state index in [0.29, 0.717) is 16.3 Å². The number of aryl methyl sites for hydroxylation is 1. The molecule has 0 aliphatic carbocycles. The van der Waals surface area contributed by atoms with E-state index in [0.717, 1.165) is 0 Å². The number of halogens is 1. The Hall–Kier alpha value is -1.17. The molecule has 0 saturated carbocycles. The van der Waals surface area contributed by atoms with Crippen LogP contribution in [0.25, 0.3) is 0 Å². The number of pyridine rings is 1. The van der Waals surface area contributed by atoms with E-state index in [1.54, 1.807) is 6.92 Å². The van der Waals surface area contributed by atoms with Crippen molar-refractivity contribution in [2.75, 3.05) is 0 Å². The van der Waals surface area contributed by atoms with Gasteiger partial charge in [-0.25, -0.2) is 4.98 Å². The zero-order valence-corrected chi connectivity index (χ0v) is 8.77. The molecule has 0 saturated heterocycles. The standard InChI is InChI=1S/C9H11ClN2O3/c1-4-2-5(3-12-8(4)10)6(13)7(14)9(11)15/h2-3,6-7,13-14H,1H3,(H2,11,15). The first-order valence-corrected chi connectivity index (χ1v) is 4.58. The highest BCUT2D eigenvalue weighted by Crippen LogP contribution is 2.20. The summed E-state index contributed by atoms with van der Waals surface area (Å²) in [7, 11) is 0. The zero-order chi connectivity index (χ0) is 11.6. The third-order valence-electron chi connectivity index (χ3n) is 1.97. The van der Waals surface area contributed by atoms with E-state index < -0.39 is 18.1 Å². The number of primary amides is 1. The number of aromatic nitrogens is 1. The van der Waals surface area contributed by atoms with Crippen molar-refractivity contribution in [3.63, 3.8) is 0 Å². The van der Waals surface area contributed by atoms with Gasteiger partial charge in [0.05, 0.1) is 0 Å². The molecule has 0 bridgehead atoms. The van der Waals surface area contributed by atoms with E-state index in [9.17, 15) is 15.0 Å². The summed E-state index contributed by atoms with van der Waals surface area (Å²) in [5, 5.41) is 19.1. The maximum atomic E-state index is 10.6. The van der Waals surface area contributed by atoms with Crippen LogP contribution in [0.2, 0.25) is 5.15 Å². The van der Waals surface area contributed by atoms with Gasteiger partial charge >= 0.3 is 0 Å². The number of hydrogen-bond donors (Lipinski definition) is 3. The first-order chi connectivity index (χ1) is 6.93. The van der Waals surface area contributed by atoms with Gasteiger partial charge in [-0.2, -0.15) is 0 Å². The fraction of sp³-hybridized carbons (Fsp3) is 0.333. The third-order valence-corrected chi connectivity index (χ3v) is 2.36. The van der Waals surface area contributed by atoms with Crippen molar-refractivity contribution in [1.82, 2.24) is 4.98 Å². The van der Waals surface area contributed by atoms with Crippen LogP contribution in [0.15, 0.2) is 12.3 Å². The first kappa shape index (κ1) is 11.9. The average Bonchev–Trinajstić information content (AvgIpc) is 2.19. The van der Waals surface area contributed by atoms with Crippen molar-refractivity contribution in [2.45, 2.75) is 19.1 Å². The lowest BCUT2D eigenvalue weighted by Gasteiger charge is -2.15. The molecule has 1 amide bonds. The number of aliphatic hydroxyl groups is 2. The molecule has 6 heteroatoms. The number of amides is 1. The van der Waals surface area contributed by atoms with E-state index in [4.69, 9.17) is 17.3 Å². The van der Waals surface area contributed by atoms with Crippen LogP contribution in [0.1, 0.15) is 17.2 Å². The van der Waals surface area contributed by atoms with Crippen LogP contribution in [0.5, 0.6) is 0 Å². The van der Waals surface area contributed by atoms with Crippen LogP contribution in [0.3, 0.4) is 0 Å². The summed E-state index contributed by atoms with van der Waals surface area (Å²) in [4.78, 5) is 14.4. The summed E-state index contributed by atoms with van der Waals surface area (Å²) >= 11 is 5.68. The van der Waals surface area contributed by atoms with Crippen molar-refractivity contribution < 1.29 is 15.0 Å². The molecule has 2 unspecified atom stereocenters. The van der Waals surface area contributed by atoms with Crippen molar-refractivity contribution in [1.29, 1.82) is 0 Å². The lowest BCUT2D eigenvalue weighted by Crippen LogP contribution is -2.33. The predicted molar refractivity (Wildman–Crippen MR) is 54.1 cm³/mol. The fourth-order valence-electron chi connectivity index (χ4n) is 1.08. The smallest absolute Gasteiger partial charge is 0.249 e. The van der Waals surface area contributed by atoms with Crippen LogP contribution in [-0.2, 0) is 4.79 Å². The number of hydrogen-bond acceptors (Lipinski definition) is 4. The normalized spacial score (nSPS) is 14.7. The largest absolute Gasteiger partial charge is 0.385 e. The summed E-state index contributed by atoms with van der Waals surface area (Å²) < 4.78 is 0. The van der Waals surface area contributed by atoms with E-state index in [-0.39, 0.29) is 0 Å². The molecule has 2 atom stereocenters. The molecule has 4 N–H and O–H groups in total.